The van der Waals surface area contributed by atoms with E-state index in [-0.39, 0.29) is 5.97 Å². The second-order valence-electron chi connectivity index (χ2n) is 10.9. The quantitative estimate of drug-likeness (QED) is 0.0565. The van der Waals surface area contributed by atoms with E-state index in [9.17, 15) is 9.59 Å². The molecule has 1 N–H and O–H groups in total. The standard InChI is InChI=1S/C34H62O4/c1-2-3-4-5-6-7-8-9-10-13-16-19-22-25-28-31-34(37)38-32-29-26-23-20-17-14-11-12-15-18-21-24-27-30-33(35)36/h6-7,9-10H,2-5,8,11-32H2,1H3,(H,35,36). The molecule has 0 aromatic heterocycles. The molecule has 0 bridgehead atoms. The second kappa shape index (κ2) is 31.6. The molecule has 0 amide bonds. The van der Waals surface area contributed by atoms with Gasteiger partial charge >= 0.3 is 11.9 Å². The van der Waals surface area contributed by atoms with E-state index in [1.165, 1.54) is 109 Å². The molecule has 0 unspecified atom stereocenters. The van der Waals surface area contributed by atoms with Crippen molar-refractivity contribution in [3.05, 3.63) is 24.3 Å². The number of rotatable bonds is 30. The second-order valence-corrected chi connectivity index (χ2v) is 10.9. The molecule has 0 atom stereocenters. The Balaban J connectivity index is 3.23. The van der Waals surface area contributed by atoms with Gasteiger partial charge in [-0.3, -0.25) is 9.59 Å². The fourth-order valence-corrected chi connectivity index (χ4v) is 4.66. The minimum atomic E-state index is -0.672. The summed E-state index contributed by atoms with van der Waals surface area (Å²) in [6.07, 6.45) is 38.8. The summed E-state index contributed by atoms with van der Waals surface area (Å²) in [5, 5.41) is 8.61. The summed E-state index contributed by atoms with van der Waals surface area (Å²) in [6.45, 7) is 2.83. The molecule has 0 spiro atoms. The van der Waals surface area contributed by atoms with Gasteiger partial charge in [-0.1, -0.05) is 134 Å². The van der Waals surface area contributed by atoms with E-state index in [0.29, 0.717) is 19.4 Å². The predicted octanol–water partition coefficient (Wildman–Crippen LogP) is 10.9. The van der Waals surface area contributed by atoms with Gasteiger partial charge in [0.05, 0.1) is 6.61 Å². The molecule has 0 heterocycles. The highest BCUT2D eigenvalue weighted by atomic mass is 16.5. The lowest BCUT2D eigenvalue weighted by molar-refractivity contribution is -0.144. The van der Waals surface area contributed by atoms with E-state index < -0.39 is 5.97 Å². The number of unbranched alkanes of at least 4 members (excludes halogenated alkanes) is 20. The maximum Gasteiger partial charge on any atom is 0.305 e. The molecule has 222 valence electrons. The Morgan fingerprint density at radius 1 is 0.526 bits per heavy atom. The van der Waals surface area contributed by atoms with Crippen LogP contribution in [0, 0.1) is 0 Å². The monoisotopic (exact) mass is 534 g/mol. The van der Waals surface area contributed by atoms with Crippen LogP contribution >= 0.6 is 0 Å². The molecular weight excluding hydrogens is 472 g/mol. The van der Waals surface area contributed by atoms with Crippen molar-refractivity contribution in [3.63, 3.8) is 0 Å². The molecule has 0 radical (unpaired) electrons. The highest BCUT2D eigenvalue weighted by Gasteiger charge is 2.02. The summed E-state index contributed by atoms with van der Waals surface area (Å²) in [5.41, 5.74) is 0. The summed E-state index contributed by atoms with van der Waals surface area (Å²) < 4.78 is 5.40. The maximum atomic E-state index is 11.9. The molecule has 38 heavy (non-hydrogen) atoms. The number of carbonyl (C=O) groups is 2. The van der Waals surface area contributed by atoms with Crippen LogP contribution in [0.5, 0.6) is 0 Å². The zero-order valence-corrected chi connectivity index (χ0v) is 25.1. The van der Waals surface area contributed by atoms with Gasteiger partial charge in [-0.2, -0.15) is 0 Å². The number of allylic oxidation sites excluding steroid dienone is 4. The van der Waals surface area contributed by atoms with Gasteiger partial charge < -0.3 is 9.84 Å². The zero-order chi connectivity index (χ0) is 27.8. The van der Waals surface area contributed by atoms with E-state index >= 15 is 0 Å². The fraction of sp³-hybridized carbons (Fsp3) is 0.824. The van der Waals surface area contributed by atoms with Crippen molar-refractivity contribution >= 4 is 11.9 Å². The van der Waals surface area contributed by atoms with Crippen LogP contribution in [0.25, 0.3) is 0 Å². The van der Waals surface area contributed by atoms with Gasteiger partial charge in [0.25, 0.3) is 0 Å². The average Bonchev–Trinajstić information content (AvgIpc) is 2.90. The first-order valence-corrected chi connectivity index (χ1v) is 16.3. The van der Waals surface area contributed by atoms with Gasteiger partial charge in [-0.05, 0) is 51.4 Å². The lowest BCUT2D eigenvalue weighted by atomic mass is 10.0. The van der Waals surface area contributed by atoms with Gasteiger partial charge in [-0.15, -0.1) is 0 Å². The summed E-state index contributed by atoms with van der Waals surface area (Å²) in [5.74, 6) is -0.689. The van der Waals surface area contributed by atoms with Crippen LogP contribution < -0.4 is 0 Å². The number of hydrogen-bond donors (Lipinski definition) is 1. The Kier molecular flexibility index (Phi) is 30.3. The third kappa shape index (κ3) is 32.4. The Morgan fingerprint density at radius 3 is 1.45 bits per heavy atom. The van der Waals surface area contributed by atoms with E-state index in [2.05, 4.69) is 31.2 Å². The Bertz CT molecular complexity index is 567. The molecule has 0 rings (SSSR count). The van der Waals surface area contributed by atoms with E-state index in [1.807, 2.05) is 0 Å². The highest BCUT2D eigenvalue weighted by Crippen LogP contribution is 2.13. The summed E-state index contributed by atoms with van der Waals surface area (Å²) >= 11 is 0. The van der Waals surface area contributed by atoms with Crippen LogP contribution in [0.2, 0.25) is 0 Å². The SMILES string of the molecule is CCCCCC=CCC=CCCCCCCCC(=O)OCCCCCCCCCCCCCCCC(=O)O. The zero-order valence-electron chi connectivity index (χ0n) is 25.1. The van der Waals surface area contributed by atoms with Crippen LogP contribution in [0.1, 0.15) is 174 Å². The Morgan fingerprint density at radius 2 is 0.947 bits per heavy atom. The largest absolute Gasteiger partial charge is 0.481 e. The Hall–Kier alpha value is -1.58. The van der Waals surface area contributed by atoms with Crippen molar-refractivity contribution in [2.75, 3.05) is 6.61 Å². The van der Waals surface area contributed by atoms with Crippen molar-refractivity contribution in [2.24, 2.45) is 0 Å². The maximum absolute atomic E-state index is 11.9. The third-order valence-electron chi connectivity index (χ3n) is 7.13. The summed E-state index contributed by atoms with van der Waals surface area (Å²) in [7, 11) is 0. The number of ether oxygens (including phenoxy) is 1. The van der Waals surface area contributed by atoms with E-state index in [0.717, 1.165) is 44.9 Å². The molecule has 0 saturated heterocycles. The summed E-state index contributed by atoms with van der Waals surface area (Å²) in [4.78, 5) is 22.3. The van der Waals surface area contributed by atoms with Gasteiger partial charge in [-0.25, -0.2) is 0 Å². The lowest BCUT2D eigenvalue weighted by Crippen LogP contribution is -2.05. The first-order chi connectivity index (χ1) is 18.7. The van der Waals surface area contributed by atoms with Crippen molar-refractivity contribution in [3.8, 4) is 0 Å². The predicted molar refractivity (Wildman–Crippen MR) is 163 cm³/mol. The normalized spacial score (nSPS) is 11.6. The number of hydrogen-bond acceptors (Lipinski definition) is 3. The van der Waals surface area contributed by atoms with Gasteiger partial charge in [0.1, 0.15) is 0 Å². The molecule has 0 aliphatic heterocycles. The van der Waals surface area contributed by atoms with Crippen molar-refractivity contribution in [1.82, 2.24) is 0 Å². The first-order valence-electron chi connectivity index (χ1n) is 16.3. The first kappa shape index (κ1) is 36.4. The topological polar surface area (TPSA) is 63.6 Å². The van der Waals surface area contributed by atoms with Crippen LogP contribution in [0.3, 0.4) is 0 Å². The highest BCUT2D eigenvalue weighted by molar-refractivity contribution is 5.69. The van der Waals surface area contributed by atoms with Gasteiger partial charge in [0, 0.05) is 12.8 Å². The van der Waals surface area contributed by atoms with Crippen LogP contribution in [-0.4, -0.2) is 23.7 Å². The van der Waals surface area contributed by atoms with Crippen LogP contribution in [0.4, 0.5) is 0 Å². The van der Waals surface area contributed by atoms with E-state index in [1.54, 1.807) is 0 Å². The van der Waals surface area contributed by atoms with Crippen LogP contribution in [0.15, 0.2) is 24.3 Å². The minimum absolute atomic E-state index is 0.0161. The van der Waals surface area contributed by atoms with Crippen LogP contribution in [-0.2, 0) is 14.3 Å². The van der Waals surface area contributed by atoms with Gasteiger partial charge in [0.2, 0.25) is 0 Å². The molecule has 0 aromatic carbocycles. The number of carboxylic acids is 1. The Labute approximate surface area is 236 Å². The number of esters is 1. The van der Waals surface area contributed by atoms with E-state index in [4.69, 9.17) is 9.84 Å². The number of aliphatic carboxylic acids is 1. The number of carboxylic acid groups (broad SMARTS) is 1. The fourth-order valence-electron chi connectivity index (χ4n) is 4.66. The smallest absolute Gasteiger partial charge is 0.305 e. The molecule has 0 aliphatic carbocycles. The molecule has 0 saturated carbocycles. The lowest BCUT2D eigenvalue weighted by Gasteiger charge is -2.05. The molecular formula is C34H62O4. The average molecular weight is 535 g/mol. The summed E-state index contributed by atoms with van der Waals surface area (Å²) in [6, 6.07) is 0. The van der Waals surface area contributed by atoms with Gasteiger partial charge in [0.15, 0.2) is 0 Å². The number of carbonyl (C=O) groups excluding carboxylic acids is 1. The van der Waals surface area contributed by atoms with Crippen molar-refractivity contribution in [2.45, 2.75) is 174 Å². The minimum Gasteiger partial charge on any atom is -0.481 e. The molecule has 4 heteroatoms. The molecule has 0 aromatic rings. The van der Waals surface area contributed by atoms with Crippen molar-refractivity contribution in [1.29, 1.82) is 0 Å². The third-order valence-corrected chi connectivity index (χ3v) is 7.13. The molecule has 0 fully saturated rings. The molecule has 4 nitrogen and oxygen atoms in total. The van der Waals surface area contributed by atoms with Crippen molar-refractivity contribution < 1.29 is 19.4 Å². The molecule has 0 aliphatic rings.